The number of carbonyl (C=O) groups excluding carboxylic acids is 2. The quantitative estimate of drug-likeness (QED) is 0.362. The van der Waals surface area contributed by atoms with Gasteiger partial charge in [0.1, 0.15) is 6.04 Å². The van der Waals surface area contributed by atoms with Gasteiger partial charge in [0, 0.05) is 10.6 Å². The molecule has 2 aromatic rings. The van der Waals surface area contributed by atoms with Crippen LogP contribution in [0, 0.1) is 0 Å². The normalized spacial score (nSPS) is 15.7. The summed E-state index contributed by atoms with van der Waals surface area (Å²) in [5.74, 6) is -3.82. The second-order valence-corrected chi connectivity index (χ2v) is 5.95. The van der Waals surface area contributed by atoms with E-state index in [1.165, 1.54) is 11.1 Å². The minimum absolute atomic E-state index is 0. The molecule has 1 aliphatic heterocycles. The topological polar surface area (TPSA) is 107 Å². The molecule has 129 valence electrons. The SMILES string of the molecule is [Na+].[Na+].[O]C1c2ccccc2N(Cc2ccc(Cl)cc2)N1C(C(=O)[O-])C(=O)[O-]. The van der Waals surface area contributed by atoms with E-state index in [1.807, 2.05) is 0 Å². The van der Waals surface area contributed by atoms with Gasteiger partial charge in [0.2, 0.25) is 0 Å². The molecule has 1 aliphatic rings. The molecule has 10 heteroatoms. The summed E-state index contributed by atoms with van der Waals surface area (Å²) in [7, 11) is 0. The number of rotatable bonds is 5. The van der Waals surface area contributed by atoms with E-state index in [0.717, 1.165) is 5.01 Å². The molecule has 0 aliphatic carbocycles. The maximum Gasteiger partial charge on any atom is 1.00 e. The summed E-state index contributed by atoms with van der Waals surface area (Å²) in [6.45, 7) is 0.0873. The van der Waals surface area contributed by atoms with Crippen LogP contribution >= 0.6 is 11.6 Å². The summed E-state index contributed by atoms with van der Waals surface area (Å²) in [4.78, 5) is 22.6. The first-order valence-corrected chi connectivity index (χ1v) is 7.74. The molecule has 2 aromatic carbocycles. The number of benzene rings is 2. The number of carboxylic acid groups (broad SMARTS) is 2. The monoisotopic (exact) mass is 405 g/mol. The summed E-state index contributed by atoms with van der Waals surface area (Å²) in [5.41, 5.74) is 1.43. The summed E-state index contributed by atoms with van der Waals surface area (Å²) in [5, 5.41) is 37.9. The Morgan fingerprint density at radius 3 is 2.11 bits per heavy atom. The molecule has 7 nitrogen and oxygen atoms in total. The van der Waals surface area contributed by atoms with E-state index >= 15 is 0 Å². The van der Waals surface area contributed by atoms with Gasteiger partial charge in [0.25, 0.3) is 0 Å². The van der Waals surface area contributed by atoms with E-state index in [4.69, 9.17) is 11.6 Å². The minimum Gasteiger partial charge on any atom is -0.548 e. The van der Waals surface area contributed by atoms with E-state index in [2.05, 4.69) is 0 Å². The van der Waals surface area contributed by atoms with Gasteiger partial charge >= 0.3 is 59.1 Å². The van der Waals surface area contributed by atoms with Crippen LogP contribution in [0.2, 0.25) is 5.02 Å². The number of para-hydroxylation sites is 1. The first kappa shape index (κ1) is 24.4. The van der Waals surface area contributed by atoms with Gasteiger partial charge in [-0.25, -0.2) is 5.11 Å². The van der Waals surface area contributed by atoms with Crippen LogP contribution in [0.5, 0.6) is 0 Å². The number of fused-ring (bicyclic) bond motifs is 1. The van der Waals surface area contributed by atoms with E-state index in [1.54, 1.807) is 42.5 Å². The zero-order chi connectivity index (χ0) is 18.1. The summed E-state index contributed by atoms with van der Waals surface area (Å²) in [6, 6.07) is 10.9. The molecule has 1 unspecified atom stereocenters. The van der Waals surface area contributed by atoms with Crippen molar-refractivity contribution in [1.29, 1.82) is 0 Å². The molecule has 0 saturated carbocycles. The fourth-order valence-corrected chi connectivity index (χ4v) is 2.97. The van der Waals surface area contributed by atoms with E-state index in [9.17, 15) is 24.9 Å². The van der Waals surface area contributed by atoms with Crippen LogP contribution in [0.1, 0.15) is 17.4 Å². The fourth-order valence-electron chi connectivity index (χ4n) is 2.84. The van der Waals surface area contributed by atoms with Crippen molar-refractivity contribution in [1.82, 2.24) is 5.01 Å². The predicted octanol–water partition coefficient (Wildman–Crippen LogP) is -6.12. The Morgan fingerprint density at radius 1 is 1.00 bits per heavy atom. The second-order valence-electron chi connectivity index (χ2n) is 5.52. The number of hydrazine groups is 1. The number of carboxylic acids is 2. The third-order valence-corrected chi connectivity index (χ3v) is 4.21. The average Bonchev–Trinajstić information content (AvgIpc) is 2.83. The summed E-state index contributed by atoms with van der Waals surface area (Å²) < 4.78 is 0. The average molecular weight is 406 g/mol. The van der Waals surface area contributed by atoms with Crippen molar-refractivity contribution in [2.24, 2.45) is 0 Å². The Kier molecular flexibility index (Phi) is 9.27. The first-order valence-electron chi connectivity index (χ1n) is 7.37. The molecule has 27 heavy (non-hydrogen) atoms. The maximum absolute atomic E-state index is 12.7. The van der Waals surface area contributed by atoms with Crippen molar-refractivity contribution in [3.8, 4) is 0 Å². The van der Waals surface area contributed by atoms with Gasteiger partial charge in [-0.05, 0) is 23.8 Å². The summed E-state index contributed by atoms with van der Waals surface area (Å²) >= 11 is 5.85. The largest absolute Gasteiger partial charge is 1.00 e. The van der Waals surface area contributed by atoms with E-state index in [-0.39, 0.29) is 71.2 Å². The standard InChI is InChI=1S/C17H14ClN2O5.2Na/c18-11-7-5-10(6-8-11)9-19-13-4-2-1-3-12(13)15(21)20(19)14(16(22)23)17(24)25;;/h1-8,14-15H,9H2,(H,22,23)(H,24,25);;/q;2*+1/p-2. The van der Waals surface area contributed by atoms with Crippen LogP contribution in [-0.4, -0.2) is 23.0 Å². The number of hydrogen-bond acceptors (Lipinski definition) is 6. The molecule has 3 rings (SSSR count). The van der Waals surface area contributed by atoms with Crippen LogP contribution in [0.4, 0.5) is 5.69 Å². The van der Waals surface area contributed by atoms with Crippen molar-refractivity contribution >= 4 is 29.2 Å². The zero-order valence-corrected chi connectivity index (χ0v) is 19.6. The molecular formula is C17H12ClN2Na2O5. The molecule has 0 spiro atoms. The number of hydrogen-bond donors (Lipinski definition) is 0. The molecule has 0 saturated heterocycles. The van der Waals surface area contributed by atoms with Crippen molar-refractivity contribution in [2.75, 3.05) is 5.01 Å². The Hall–Kier alpha value is -0.610. The van der Waals surface area contributed by atoms with Gasteiger partial charge in [0.05, 0.1) is 24.2 Å². The van der Waals surface area contributed by atoms with Crippen LogP contribution < -0.4 is 74.3 Å². The van der Waals surface area contributed by atoms with Crippen LogP contribution in [-0.2, 0) is 21.2 Å². The van der Waals surface area contributed by atoms with Gasteiger partial charge in [-0.1, -0.05) is 41.9 Å². The van der Waals surface area contributed by atoms with Gasteiger partial charge in [-0.15, -0.1) is 0 Å². The molecule has 0 bridgehead atoms. The van der Waals surface area contributed by atoms with E-state index in [0.29, 0.717) is 16.3 Å². The number of carbonyl (C=O) groups is 2. The van der Waals surface area contributed by atoms with Crippen molar-refractivity contribution < 1.29 is 84.0 Å². The van der Waals surface area contributed by atoms with Gasteiger partial charge < -0.3 is 19.8 Å². The van der Waals surface area contributed by atoms with Crippen LogP contribution in [0.3, 0.4) is 0 Å². The van der Waals surface area contributed by atoms with Gasteiger partial charge in [-0.2, -0.15) is 5.01 Å². The molecule has 0 amide bonds. The van der Waals surface area contributed by atoms with Crippen molar-refractivity contribution in [3.63, 3.8) is 0 Å². The second kappa shape index (κ2) is 10.2. The molecule has 1 heterocycles. The molecule has 0 N–H and O–H groups in total. The van der Waals surface area contributed by atoms with Crippen LogP contribution in [0.25, 0.3) is 0 Å². The first-order chi connectivity index (χ1) is 11.9. The van der Waals surface area contributed by atoms with Gasteiger partial charge in [0.15, 0.2) is 6.23 Å². The molecule has 0 fully saturated rings. The minimum atomic E-state index is -2.21. The van der Waals surface area contributed by atoms with Crippen molar-refractivity contribution in [3.05, 3.63) is 64.7 Å². The number of halogens is 1. The maximum atomic E-state index is 12.7. The molecule has 1 radical (unpaired) electrons. The molecular weight excluding hydrogens is 394 g/mol. The van der Waals surface area contributed by atoms with Crippen molar-refractivity contribution in [2.45, 2.75) is 18.8 Å². The Morgan fingerprint density at radius 2 is 1.56 bits per heavy atom. The molecule has 0 aromatic heterocycles. The summed E-state index contributed by atoms with van der Waals surface area (Å²) in [6.07, 6.45) is -1.70. The van der Waals surface area contributed by atoms with Crippen LogP contribution in [0.15, 0.2) is 48.5 Å². The Bertz CT molecular complexity index is 807. The van der Waals surface area contributed by atoms with E-state index < -0.39 is 24.2 Å². The number of aliphatic carboxylic acids is 2. The third kappa shape index (κ3) is 5.06. The Labute approximate surface area is 205 Å². The third-order valence-electron chi connectivity index (χ3n) is 3.96. The smallest absolute Gasteiger partial charge is 0.548 e. The molecule has 1 atom stereocenters. The fraction of sp³-hybridized carbons (Fsp3) is 0.176. The van der Waals surface area contributed by atoms with Gasteiger partial charge in [-0.3, -0.25) is 5.01 Å². The number of anilines is 1. The Balaban J connectivity index is 0.00000182. The zero-order valence-electron chi connectivity index (χ0n) is 14.8. The number of nitrogens with zero attached hydrogens (tertiary/aromatic N) is 2. The predicted molar refractivity (Wildman–Crippen MR) is 83.1 cm³/mol.